The number of anilines is 2. The number of ether oxygens (including phenoxy) is 1. The molecule has 0 bridgehead atoms. The Morgan fingerprint density at radius 3 is 2.24 bits per heavy atom. The smallest absolute Gasteiger partial charge is 0.265 e. The van der Waals surface area contributed by atoms with Gasteiger partial charge in [-0.1, -0.05) is 19.1 Å². The standard InChI is InChI=1S/C24H28N4O4S/c1-6-21(32-22-9-7-8-15(2)18(22)5)23(29)27-19-10-12-20(13-11-19)33(30,31)28-24-25-16(3)14-17(4)26-24/h7-14,21H,6H2,1-5H3,(H,27,29)(H,25,26,28)/t21-/m1/s1. The minimum Gasteiger partial charge on any atom is -0.480 e. The van der Waals surface area contributed by atoms with Gasteiger partial charge in [0.15, 0.2) is 6.10 Å². The molecule has 8 nitrogen and oxygen atoms in total. The number of hydrogen-bond acceptors (Lipinski definition) is 6. The number of carbonyl (C=O) groups excluding carboxylic acids is 1. The summed E-state index contributed by atoms with van der Waals surface area (Å²) in [6.45, 7) is 9.33. The first-order valence-electron chi connectivity index (χ1n) is 10.6. The van der Waals surface area contributed by atoms with Gasteiger partial charge in [0.25, 0.3) is 15.9 Å². The number of hydrogen-bond donors (Lipinski definition) is 2. The van der Waals surface area contributed by atoms with Crippen molar-refractivity contribution in [2.75, 3.05) is 10.0 Å². The highest BCUT2D eigenvalue weighted by Crippen LogP contribution is 2.23. The minimum atomic E-state index is -3.88. The molecule has 0 aliphatic carbocycles. The number of benzene rings is 2. The molecule has 3 aromatic rings. The van der Waals surface area contributed by atoms with Crippen molar-refractivity contribution < 1.29 is 17.9 Å². The second kappa shape index (κ2) is 9.99. The van der Waals surface area contributed by atoms with Gasteiger partial charge in [-0.2, -0.15) is 0 Å². The normalized spacial score (nSPS) is 12.2. The van der Waals surface area contributed by atoms with Gasteiger partial charge in [-0.3, -0.25) is 4.79 Å². The van der Waals surface area contributed by atoms with Crippen molar-refractivity contribution in [3.63, 3.8) is 0 Å². The van der Waals surface area contributed by atoms with Gasteiger partial charge in [0.2, 0.25) is 5.95 Å². The molecule has 33 heavy (non-hydrogen) atoms. The first-order chi connectivity index (χ1) is 15.6. The van der Waals surface area contributed by atoms with Crippen LogP contribution in [0, 0.1) is 27.7 Å². The van der Waals surface area contributed by atoms with E-state index in [0.29, 0.717) is 29.2 Å². The molecule has 0 saturated carbocycles. The van der Waals surface area contributed by atoms with Gasteiger partial charge in [0.05, 0.1) is 4.90 Å². The Morgan fingerprint density at radius 1 is 1.00 bits per heavy atom. The van der Waals surface area contributed by atoms with E-state index < -0.39 is 16.1 Å². The van der Waals surface area contributed by atoms with E-state index in [4.69, 9.17) is 4.74 Å². The van der Waals surface area contributed by atoms with E-state index in [1.807, 2.05) is 39.0 Å². The lowest BCUT2D eigenvalue weighted by Gasteiger charge is -2.19. The summed E-state index contributed by atoms with van der Waals surface area (Å²) in [6, 6.07) is 13.3. The third-order valence-corrected chi connectivity index (χ3v) is 6.47. The molecule has 2 aromatic carbocycles. The average Bonchev–Trinajstić information content (AvgIpc) is 2.74. The van der Waals surface area contributed by atoms with E-state index >= 15 is 0 Å². The lowest BCUT2D eigenvalue weighted by Crippen LogP contribution is -2.32. The molecule has 0 aliphatic rings. The van der Waals surface area contributed by atoms with Crippen LogP contribution in [0.3, 0.4) is 0 Å². The van der Waals surface area contributed by atoms with Gasteiger partial charge in [-0.05, 0) is 81.6 Å². The lowest BCUT2D eigenvalue weighted by atomic mass is 10.1. The molecule has 0 unspecified atom stereocenters. The van der Waals surface area contributed by atoms with Crippen molar-refractivity contribution in [2.45, 2.75) is 52.0 Å². The van der Waals surface area contributed by atoms with Gasteiger partial charge < -0.3 is 10.1 Å². The molecule has 0 saturated heterocycles. The van der Waals surface area contributed by atoms with Crippen molar-refractivity contribution in [3.05, 3.63) is 71.0 Å². The Morgan fingerprint density at radius 2 is 1.64 bits per heavy atom. The molecule has 0 radical (unpaired) electrons. The summed E-state index contributed by atoms with van der Waals surface area (Å²) in [5.41, 5.74) is 3.85. The molecule has 0 fully saturated rings. The SMILES string of the molecule is CC[C@@H](Oc1cccc(C)c1C)C(=O)Nc1ccc(S(=O)(=O)Nc2nc(C)cc(C)n2)cc1. The Hall–Kier alpha value is -3.46. The number of rotatable bonds is 8. The van der Waals surface area contributed by atoms with E-state index in [1.165, 1.54) is 24.3 Å². The van der Waals surface area contributed by atoms with E-state index in [2.05, 4.69) is 20.0 Å². The van der Waals surface area contributed by atoms with Crippen LogP contribution >= 0.6 is 0 Å². The number of nitrogens with one attached hydrogen (secondary N) is 2. The van der Waals surface area contributed by atoms with Gasteiger partial charge in [0.1, 0.15) is 5.75 Å². The third kappa shape index (κ3) is 6.07. The van der Waals surface area contributed by atoms with Crippen molar-refractivity contribution in [3.8, 4) is 5.75 Å². The van der Waals surface area contributed by atoms with Crippen LogP contribution in [0.1, 0.15) is 35.9 Å². The number of amides is 1. The summed E-state index contributed by atoms with van der Waals surface area (Å²) in [5, 5.41) is 2.79. The van der Waals surface area contributed by atoms with Gasteiger partial charge in [0, 0.05) is 17.1 Å². The van der Waals surface area contributed by atoms with Crippen molar-refractivity contribution in [1.29, 1.82) is 0 Å². The highest BCUT2D eigenvalue weighted by Gasteiger charge is 2.21. The lowest BCUT2D eigenvalue weighted by molar-refractivity contribution is -0.122. The molecule has 1 heterocycles. The van der Waals surface area contributed by atoms with Gasteiger partial charge >= 0.3 is 0 Å². The first kappa shape index (κ1) is 24.2. The van der Waals surface area contributed by atoms with Crippen molar-refractivity contribution >= 4 is 27.6 Å². The third-order valence-electron chi connectivity index (χ3n) is 5.13. The number of nitrogens with zero attached hydrogens (tertiary/aromatic N) is 2. The van der Waals surface area contributed by atoms with Crippen LogP contribution < -0.4 is 14.8 Å². The van der Waals surface area contributed by atoms with Crippen LogP contribution in [0.4, 0.5) is 11.6 Å². The monoisotopic (exact) mass is 468 g/mol. The Bertz CT molecular complexity index is 1240. The average molecular weight is 469 g/mol. The number of aromatic nitrogens is 2. The predicted molar refractivity (Wildman–Crippen MR) is 128 cm³/mol. The summed E-state index contributed by atoms with van der Waals surface area (Å²) in [7, 11) is -3.88. The maximum Gasteiger partial charge on any atom is 0.265 e. The highest BCUT2D eigenvalue weighted by atomic mass is 32.2. The zero-order valence-corrected chi connectivity index (χ0v) is 20.2. The van der Waals surface area contributed by atoms with E-state index in [-0.39, 0.29) is 16.8 Å². The Balaban J connectivity index is 1.69. The molecule has 1 amide bonds. The van der Waals surface area contributed by atoms with E-state index in [9.17, 15) is 13.2 Å². The zero-order valence-electron chi connectivity index (χ0n) is 19.3. The molecular weight excluding hydrogens is 440 g/mol. The summed E-state index contributed by atoms with van der Waals surface area (Å²) >= 11 is 0. The van der Waals surface area contributed by atoms with Crippen LogP contribution in [0.2, 0.25) is 0 Å². The van der Waals surface area contributed by atoms with Crippen molar-refractivity contribution in [1.82, 2.24) is 9.97 Å². The fourth-order valence-electron chi connectivity index (χ4n) is 3.22. The van der Waals surface area contributed by atoms with Gasteiger partial charge in [-0.25, -0.2) is 23.1 Å². The van der Waals surface area contributed by atoms with Crippen LogP contribution in [0.25, 0.3) is 0 Å². The molecule has 9 heteroatoms. The molecular formula is C24H28N4O4S. The predicted octanol–water partition coefficient (Wildman–Crippen LogP) is 4.31. The fraction of sp³-hybridized carbons (Fsp3) is 0.292. The molecule has 174 valence electrons. The molecule has 0 spiro atoms. The summed E-state index contributed by atoms with van der Waals surface area (Å²) < 4.78 is 33.7. The van der Waals surface area contributed by atoms with Crippen LogP contribution in [0.15, 0.2) is 53.4 Å². The summed E-state index contributed by atoms with van der Waals surface area (Å²) in [4.78, 5) is 21.0. The molecule has 2 N–H and O–H groups in total. The molecule has 0 aliphatic heterocycles. The highest BCUT2D eigenvalue weighted by molar-refractivity contribution is 7.92. The Kier molecular flexibility index (Phi) is 7.33. The number of carbonyl (C=O) groups is 1. The molecule has 3 rings (SSSR count). The van der Waals surface area contributed by atoms with E-state index in [1.54, 1.807) is 19.9 Å². The summed E-state index contributed by atoms with van der Waals surface area (Å²) in [5.74, 6) is 0.369. The van der Waals surface area contributed by atoms with Crippen LogP contribution in [-0.4, -0.2) is 30.4 Å². The quantitative estimate of drug-likeness (QED) is 0.510. The van der Waals surface area contributed by atoms with Crippen LogP contribution in [-0.2, 0) is 14.8 Å². The molecule has 1 atom stereocenters. The first-order valence-corrected chi connectivity index (χ1v) is 12.1. The minimum absolute atomic E-state index is 0.0132. The van der Waals surface area contributed by atoms with Gasteiger partial charge in [-0.15, -0.1) is 0 Å². The maximum absolute atomic E-state index is 12.7. The second-order valence-electron chi connectivity index (χ2n) is 7.81. The van der Waals surface area contributed by atoms with Crippen molar-refractivity contribution in [2.24, 2.45) is 0 Å². The largest absolute Gasteiger partial charge is 0.480 e. The number of sulfonamides is 1. The number of aryl methyl sites for hydroxylation is 3. The Labute approximate surface area is 194 Å². The second-order valence-corrected chi connectivity index (χ2v) is 9.49. The topological polar surface area (TPSA) is 110 Å². The van der Waals surface area contributed by atoms with Crippen LogP contribution in [0.5, 0.6) is 5.75 Å². The maximum atomic E-state index is 12.7. The van der Waals surface area contributed by atoms with E-state index in [0.717, 1.165) is 11.1 Å². The fourth-order valence-corrected chi connectivity index (χ4v) is 4.16. The molecule has 1 aromatic heterocycles. The zero-order chi connectivity index (χ0) is 24.2. The summed E-state index contributed by atoms with van der Waals surface area (Å²) in [6.07, 6.45) is -0.205.